The van der Waals surface area contributed by atoms with Gasteiger partial charge >= 0.3 is 0 Å². The lowest BCUT2D eigenvalue weighted by atomic mass is 10.2. The van der Waals surface area contributed by atoms with Crippen molar-refractivity contribution in [2.75, 3.05) is 19.6 Å². The molecule has 4 rings (SSSR count). The average Bonchev–Trinajstić information content (AvgIpc) is 3.32. The van der Waals surface area contributed by atoms with E-state index in [0.717, 1.165) is 55.0 Å². The Kier molecular flexibility index (Phi) is 7.37. The molecule has 2 aromatic heterocycles. The highest BCUT2D eigenvalue weighted by atomic mass is 32.2. The van der Waals surface area contributed by atoms with Crippen LogP contribution < -0.4 is 5.32 Å². The van der Waals surface area contributed by atoms with Gasteiger partial charge in [0, 0.05) is 51.8 Å². The molecule has 0 radical (unpaired) electrons. The molecule has 34 heavy (non-hydrogen) atoms. The molecule has 0 aliphatic carbocycles. The summed E-state index contributed by atoms with van der Waals surface area (Å²) in [5.41, 5.74) is 3.62. The third-order valence-corrected chi connectivity index (χ3v) is 8.34. The smallest absolute Gasteiger partial charge is 0.243 e. The van der Waals surface area contributed by atoms with Crippen molar-refractivity contribution in [3.8, 4) is 0 Å². The molecule has 0 spiro atoms. The van der Waals surface area contributed by atoms with Gasteiger partial charge in [-0.25, -0.2) is 13.4 Å². The molecule has 0 bridgehead atoms. The van der Waals surface area contributed by atoms with E-state index < -0.39 is 10.0 Å². The molecule has 3 aromatic rings. The maximum Gasteiger partial charge on any atom is 0.243 e. The van der Waals surface area contributed by atoms with Crippen molar-refractivity contribution in [2.24, 2.45) is 7.05 Å². The first-order valence-corrected chi connectivity index (χ1v) is 13.4. The van der Waals surface area contributed by atoms with Gasteiger partial charge in [0.25, 0.3) is 0 Å². The standard InChI is InChI=1S/C24H34N6O3S/c1-18-16-19(2)30(27-18)15-7-12-25-24(31)11-10-23-26-21-17-20(8-9-22(21)28(23)3)34(32,33)29-13-5-4-6-14-29/h8-9,16-17H,4-7,10-15H2,1-3H3,(H,25,31). The summed E-state index contributed by atoms with van der Waals surface area (Å²) in [5, 5.41) is 7.40. The number of nitrogens with one attached hydrogen (secondary N) is 1. The monoisotopic (exact) mass is 486 g/mol. The largest absolute Gasteiger partial charge is 0.356 e. The quantitative estimate of drug-likeness (QED) is 0.469. The highest BCUT2D eigenvalue weighted by molar-refractivity contribution is 7.89. The first-order chi connectivity index (χ1) is 16.3. The molecule has 1 aliphatic heterocycles. The third kappa shape index (κ3) is 5.33. The van der Waals surface area contributed by atoms with E-state index in [1.807, 2.05) is 42.3 Å². The number of hydrogen-bond acceptors (Lipinski definition) is 5. The van der Waals surface area contributed by atoms with Gasteiger partial charge in [-0.05, 0) is 57.4 Å². The van der Waals surface area contributed by atoms with Crippen molar-refractivity contribution < 1.29 is 13.2 Å². The molecule has 10 heteroatoms. The van der Waals surface area contributed by atoms with Crippen LogP contribution in [0.1, 0.15) is 49.3 Å². The number of piperidine rings is 1. The summed E-state index contributed by atoms with van der Waals surface area (Å²) in [6.45, 7) is 6.52. The summed E-state index contributed by atoms with van der Waals surface area (Å²) in [7, 11) is -1.60. The predicted molar refractivity (Wildman–Crippen MR) is 131 cm³/mol. The van der Waals surface area contributed by atoms with E-state index >= 15 is 0 Å². The van der Waals surface area contributed by atoms with Crippen LogP contribution in [0.2, 0.25) is 0 Å². The zero-order valence-electron chi connectivity index (χ0n) is 20.2. The molecule has 1 N–H and O–H groups in total. The van der Waals surface area contributed by atoms with Crippen LogP contribution in [-0.2, 0) is 34.8 Å². The van der Waals surface area contributed by atoms with Gasteiger partial charge in [0.2, 0.25) is 15.9 Å². The van der Waals surface area contributed by atoms with Gasteiger partial charge in [-0.15, -0.1) is 0 Å². The maximum atomic E-state index is 13.0. The van der Waals surface area contributed by atoms with Crippen molar-refractivity contribution in [3.63, 3.8) is 0 Å². The molecule has 9 nitrogen and oxygen atoms in total. The van der Waals surface area contributed by atoms with Crippen molar-refractivity contribution in [2.45, 2.75) is 63.8 Å². The number of sulfonamides is 1. The van der Waals surface area contributed by atoms with Crippen LogP contribution in [0, 0.1) is 13.8 Å². The first-order valence-electron chi connectivity index (χ1n) is 12.0. The molecule has 1 saturated heterocycles. The van der Waals surface area contributed by atoms with Crippen LogP contribution in [0.5, 0.6) is 0 Å². The predicted octanol–water partition coefficient (Wildman–Crippen LogP) is 2.70. The lowest BCUT2D eigenvalue weighted by Gasteiger charge is -2.25. The van der Waals surface area contributed by atoms with Crippen LogP contribution >= 0.6 is 0 Å². The van der Waals surface area contributed by atoms with E-state index in [9.17, 15) is 13.2 Å². The number of carbonyl (C=O) groups excluding carboxylic acids is 1. The van der Waals surface area contributed by atoms with E-state index in [4.69, 9.17) is 0 Å². The Bertz CT molecular complexity index is 1270. The molecule has 1 aromatic carbocycles. The zero-order chi connectivity index (χ0) is 24.3. The second kappa shape index (κ2) is 10.3. The Balaban J connectivity index is 1.33. The maximum absolute atomic E-state index is 13.0. The lowest BCUT2D eigenvalue weighted by molar-refractivity contribution is -0.121. The molecule has 1 fully saturated rings. The van der Waals surface area contributed by atoms with Crippen molar-refractivity contribution in [1.82, 2.24) is 29.0 Å². The van der Waals surface area contributed by atoms with Gasteiger partial charge < -0.3 is 9.88 Å². The number of imidazole rings is 1. The number of benzene rings is 1. The highest BCUT2D eigenvalue weighted by Gasteiger charge is 2.26. The molecule has 3 heterocycles. The minimum absolute atomic E-state index is 0.0196. The number of rotatable bonds is 9. The van der Waals surface area contributed by atoms with Crippen LogP contribution in [0.3, 0.4) is 0 Å². The zero-order valence-corrected chi connectivity index (χ0v) is 21.1. The Morgan fingerprint density at radius 2 is 1.88 bits per heavy atom. The second-order valence-corrected chi connectivity index (χ2v) is 11.0. The summed E-state index contributed by atoms with van der Waals surface area (Å²) in [4.78, 5) is 17.3. The molecule has 1 aliphatic rings. The van der Waals surface area contributed by atoms with Crippen LogP contribution in [0.15, 0.2) is 29.2 Å². The average molecular weight is 487 g/mol. The summed E-state index contributed by atoms with van der Waals surface area (Å²) in [5.74, 6) is 0.745. The van der Waals surface area contributed by atoms with Crippen molar-refractivity contribution in [1.29, 1.82) is 0 Å². The number of amides is 1. The van der Waals surface area contributed by atoms with Crippen LogP contribution in [0.4, 0.5) is 0 Å². The Labute approximate surface area is 201 Å². The number of nitrogens with zero attached hydrogens (tertiary/aromatic N) is 5. The number of fused-ring (bicyclic) bond motifs is 1. The van der Waals surface area contributed by atoms with E-state index in [-0.39, 0.29) is 10.8 Å². The fraction of sp³-hybridized carbons (Fsp3) is 0.542. The fourth-order valence-electron chi connectivity index (χ4n) is 4.54. The Morgan fingerprint density at radius 1 is 1.12 bits per heavy atom. The Hall–Kier alpha value is -2.72. The summed E-state index contributed by atoms with van der Waals surface area (Å²) in [6, 6.07) is 7.16. The van der Waals surface area contributed by atoms with Crippen LogP contribution in [0.25, 0.3) is 11.0 Å². The molecule has 184 valence electrons. The first kappa shape index (κ1) is 24.4. The normalized spacial score (nSPS) is 15.1. The van der Waals surface area contributed by atoms with E-state index in [1.54, 1.807) is 16.4 Å². The van der Waals surface area contributed by atoms with Crippen LogP contribution in [-0.4, -0.2) is 57.6 Å². The number of aryl methyl sites for hydroxylation is 5. The third-order valence-electron chi connectivity index (χ3n) is 6.45. The Morgan fingerprint density at radius 3 is 2.59 bits per heavy atom. The van der Waals surface area contributed by atoms with E-state index in [2.05, 4.69) is 15.4 Å². The minimum atomic E-state index is -3.50. The molecule has 1 amide bonds. The van der Waals surface area contributed by atoms with Gasteiger partial charge in [0.1, 0.15) is 5.82 Å². The van der Waals surface area contributed by atoms with Gasteiger partial charge in [-0.3, -0.25) is 9.48 Å². The summed E-state index contributed by atoms with van der Waals surface area (Å²) in [6.07, 6.45) is 4.51. The second-order valence-electron chi connectivity index (χ2n) is 9.06. The fourth-order valence-corrected chi connectivity index (χ4v) is 6.08. The SMILES string of the molecule is Cc1cc(C)n(CCCNC(=O)CCc2nc3cc(S(=O)(=O)N4CCCCC4)ccc3n2C)n1. The molecule has 0 unspecified atom stereocenters. The molecule has 0 saturated carbocycles. The number of hydrogen-bond donors (Lipinski definition) is 1. The van der Waals surface area contributed by atoms with Crippen molar-refractivity contribution in [3.05, 3.63) is 41.5 Å². The molecular formula is C24H34N6O3S. The highest BCUT2D eigenvalue weighted by Crippen LogP contribution is 2.24. The molecule has 0 atom stereocenters. The lowest BCUT2D eigenvalue weighted by Crippen LogP contribution is -2.35. The van der Waals surface area contributed by atoms with Crippen molar-refractivity contribution >= 4 is 27.0 Å². The van der Waals surface area contributed by atoms with Gasteiger partial charge in [0.05, 0.1) is 21.6 Å². The van der Waals surface area contributed by atoms with E-state index in [1.165, 1.54) is 0 Å². The topological polar surface area (TPSA) is 102 Å². The molecular weight excluding hydrogens is 452 g/mol. The number of aromatic nitrogens is 4. The summed E-state index contributed by atoms with van der Waals surface area (Å²) >= 11 is 0. The van der Waals surface area contributed by atoms with Gasteiger partial charge in [-0.2, -0.15) is 9.40 Å². The van der Waals surface area contributed by atoms with E-state index in [0.29, 0.717) is 38.0 Å². The summed E-state index contributed by atoms with van der Waals surface area (Å²) < 4.78 is 31.5. The number of carbonyl (C=O) groups is 1. The minimum Gasteiger partial charge on any atom is -0.356 e. The van der Waals surface area contributed by atoms with Gasteiger partial charge in [0.15, 0.2) is 0 Å². The van der Waals surface area contributed by atoms with Gasteiger partial charge in [-0.1, -0.05) is 6.42 Å².